The summed E-state index contributed by atoms with van der Waals surface area (Å²) >= 11 is 6.24. The average molecular weight is 504 g/mol. The molecule has 182 valence electrons. The lowest BCUT2D eigenvalue weighted by atomic mass is 10.1. The SMILES string of the molecule is COC(=O)c1cccc(NC(=O)c2ccc(NC3=C(Cl)C(=O)N(c4cc(C)ccc4C)C3=O)cc2)c1. The molecule has 9 heteroatoms. The smallest absolute Gasteiger partial charge is 0.337 e. The third-order valence-electron chi connectivity index (χ3n) is 5.59. The first kappa shape index (κ1) is 24.7. The van der Waals surface area contributed by atoms with E-state index in [0.29, 0.717) is 28.2 Å². The molecule has 0 bridgehead atoms. The fourth-order valence-corrected chi connectivity index (χ4v) is 3.90. The van der Waals surface area contributed by atoms with Gasteiger partial charge in [0.1, 0.15) is 10.7 Å². The Hall–Kier alpha value is -4.43. The number of esters is 1. The monoisotopic (exact) mass is 503 g/mol. The zero-order chi connectivity index (χ0) is 26.0. The normalized spacial score (nSPS) is 13.2. The minimum atomic E-state index is -0.608. The molecule has 1 heterocycles. The Morgan fingerprint density at radius 2 is 1.58 bits per heavy atom. The molecule has 0 saturated carbocycles. The number of hydrogen-bond donors (Lipinski definition) is 2. The first-order chi connectivity index (χ1) is 17.2. The van der Waals surface area contributed by atoms with Gasteiger partial charge in [0, 0.05) is 16.9 Å². The van der Waals surface area contributed by atoms with Crippen molar-refractivity contribution in [2.24, 2.45) is 0 Å². The van der Waals surface area contributed by atoms with Gasteiger partial charge in [-0.3, -0.25) is 14.4 Å². The van der Waals surface area contributed by atoms with Crippen LogP contribution in [0.15, 0.2) is 77.5 Å². The molecular formula is C27H22ClN3O5. The number of rotatable bonds is 6. The molecule has 8 nitrogen and oxygen atoms in total. The van der Waals surface area contributed by atoms with Gasteiger partial charge in [0.15, 0.2) is 0 Å². The molecule has 2 N–H and O–H groups in total. The van der Waals surface area contributed by atoms with Crippen molar-refractivity contribution in [3.05, 3.63) is 99.7 Å². The van der Waals surface area contributed by atoms with E-state index in [2.05, 4.69) is 10.6 Å². The van der Waals surface area contributed by atoms with E-state index < -0.39 is 23.7 Å². The second kappa shape index (κ2) is 10.1. The Balaban J connectivity index is 1.48. The number of aryl methyl sites for hydroxylation is 2. The highest BCUT2D eigenvalue weighted by molar-refractivity contribution is 6.53. The summed E-state index contributed by atoms with van der Waals surface area (Å²) in [5, 5.41) is 5.41. The number of hydrogen-bond acceptors (Lipinski definition) is 6. The predicted molar refractivity (Wildman–Crippen MR) is 137 cm³/mol. The molecule has 3 amide bonds. The molecule has 1 aliphatic heterocycles. The van der Waals surface area contributed by atoms with Crippen LogP contribution >= 0.6 is 11.6 Å². The van der Waals surface area contributed by atoms with E-state index >= 15 is 0 Å². The molecule has 0 aliphatic carbocycles. The van der Waals surface area contributed by atoms with Crippen LogP contribution in [0.5, 0.6) is 0 Å². The summed E-state index contributed by atoms with van der Waals surface area (Å²) in [6.07, 6.45) is 0. The highest BCUT2D eigenvalue weighted by atomic mass is 35.5. The van der Waals surface area contributed by atoms with Gasteiger partial charge >= 0.3 is 5.97 Å². The largest absolute Gasteiger partial charge is 0.465 e. The summed E-state index contributed by atoms with van der Waals surface area (Å²) in [5.74, 6) is -2.08. The summed E-state index contributed by atoms with van der Waals surface area (Å²) in [7, 11) is 1.28. The zero-order valence-electron chi connectivity index (χ0n) is 19.7. The van der Waals surface area contributed by atoms with Crippen LogP contribution in [0, 0.1) is 13.8 Å². The Labute approximate surface area is 212 Å². The van der Waals surface area contributed by atoms with Crippen LogP contribution in [0.4, 0.5) is 17.1 Å². The molecule has 0 atom stereocenters. The van der Waals surface area contributed by atoms with Crippen molar-refractivity contribution in [2.45, 2.75) is 13.8 Å². The molecule has 0 aromatic heterocycles. The molecule has 0 spiro atoms. The fraction of sp³-hybridized carbons (Fsp3) is 0.111. The quantitative estimate of drug-likeness (QED) is 0.370. The van der Waals surface area contributed by atoms with Gasteiger partial charge in [-0.2, -0.15) is 0 Å². The number of methoxy groups -OCH3 is 1. The first-order valence-electron chi connectivity index (χ1n) is 10.9. The number of amides is 3. The average Bonchev–Trinajstić information content (AvgIpc) is 3.08. The predicted octanol–water partition coefficient (Wildman–Crippen LogP) is 4.78. The summed E-state index contributed by atoms with van der Waals surface area (Å²) in [4.78, 5) is 51.2. The highest BCUT2D eigenvalue weighted by Gasteiger charge is 2.39. The van der Waals surface area contributed by atoms with Crippen molar-refractivity contribution in [1.29, 1.82) is 0 Å². The highest BCUT2D eigenvalue weighted by Crippen LogP contribution is 2.32. The van der Waals surface area contributed by atoms with Crippen LogP contribution in [0.1, 0.15) is 31.8 Å². The maximum atomic E-state index is 13.1. The molecule has 0 unspecified atom stereocenters. The lowest BCUT2D eigenvalue weighted by Crippen LogP contribution is -2.32. The number of ether oxygens (including phenoxy) is 1. The maximum Gasteiger partial charge on any atom is 0.337 e. The second-order valence-electron chi connectivity index (χ2n) is 8.15. The van der Waals surface area contributed by atoms with Crippen molar-refractivity contribution < 1.29 is 23.9 Å². The summed E-state index contributed by atoms with van der Waals surface area (Å²) in [6, 6.07) is 18.2. The third-order valence-corrected chi connectivity index (χ3v) is 5.94. The molecule has 0 fully saturated rings. The number of carbonyl (C=O) groups excluding carboxylic acids is 4. The van der Waals surface area contributed by atoms with E-state index in [0.717, 1.165) is 16.0 Å². The van der Waals surface area contributed by atoms with Crippen molar-refractivity contribution in [3.63, 3.8) is 0 Å². The summed E-state index contributed by atoms with van der Waals surface area (Å²) in [6.45, 7) is 3.68. The summed E-state index contributed by atoms with van der Waals surface area (Å²) < 4.78 is 4.69. The lowest BCUT2D eigenvalue weighted by molar-refractivity contribution is -0.120. The number of carbonyl (C=O) groups is 4. The summed E-state index contributed by atoms with van der Waals surface area (Å²) in [5.41, 5.74) is 3.66. The Kier molecular flexibility index (Phi) is 6.89. The van der Waals surface area contributed by atoms with Crippen LogP contribution in [0.25, 0.3) is 0 Å². The van der Waals surface area contributed by atoms with E-state index in [9.17, 15) is 19.2 Å². The van der Waals surface area contributed by atoms with E-state index in [1.54, 1.807) is 48.5 Å². The molecule has 4 rings (SSSR count). The van der Waals surface area contributed by atoms with Gasteiger partial charge in [-0.05, 0) is 73.5 Å². The van der Waals surface area contributed by atoms with Gasteiger partial charge in [-0.1, -0.05) is 29.8 Å². The van der Waals surface area contributed by atoms with Crippen LogP contribution in [0.2, 0.25) is 0 Å². The number of nitrogens with one attached hydrogen (secondary N) is 2. The Morgan fingerprint density at radius 1 is 0.861 bits per heavy atom. The molecule has 0 radical (unpaired) electrons. The van der Waals surface area contributed by atoms with E-state index in [1.807, 2.05) is 26.0 Å². The third kappa shape index (κ3) is 4.85. The maximum absolute atomic E-state index is 13.1. The van der Waals surface area contributed by atoms with Crippen molar-refractivity contribution in [3.8, 4) is 0 Å². The number of imide groups is 1. The number of halogens is 1. The zero-order valence-corrected chi connectivity index (χ0v) is 20.5. The standard InChI is InChI=1S/C27H22ClN3O5/c1-15-7-8-16(2)21(13-15)31-25(33)22(28)23(26(31)34)29-19-11-9-17(10-12-19)24(32)30-20-6-4-5-18(14-20)27(35)36-3/h4-14,29H,1-3H3,(H,30,32). The van der Waals surface area contributed by atoms with Crippen LogP contribution in [-0.4, -0.2) is 30.8 Å². The van der Waals surface area contributed by atoms with Crippen molar-refractivity contribution in [1.82, 2.24) is 0 Å². The molecular weight excluding hydrogens is 482 g/mol. The number of nitrogens with zero attached hydrogens (tertiary/aromatic N) is 1. The second-order valence-corrected chi connectivity index (χ2v) is 8.53. The van der Waals surface area contributed by atoms with E-state index in [1.165, 1.54) is 13.2 Å². The minimum Gasteiger partial charge on any atom is -0.465 e. The number of benzene rings is 3. The fourth-order valence-electron chi connectivity index (χ4n) is 3.68. The Morgan fingerprint density at radius 3 is 2.28 bits per heavy atom. The van der Waals surface area contributed by atoms with Gasteiger partial charge < -0.3 is 15.4 Å². The minimum absolute atomic E-state index is 0.0422. The van der Waals surface area contributed by atoms with Crippen LogP contribution in [0.3, 0.4) is 0 Å². The van der Waals surface area contributed by atoms with E-state index in [-0.39, 0.29) is 10.7 Å². The van der Waals surface area contributed by atoms with Gasteiger partial charge in [-0.15, -0.1) is 0 Å². The molecule has 0 saturated heterocycles. The van der Waals surface area contributed by atoms with Crippen molar-refractivity contribution >= 4 is 52.4 Å². The van der Waals surface area contributed by atoms with E-state index in [4.69, 9.17) is 16.3 Å². The van der Waals surface area contributed by atoms with Crippen LogP contribution < -0.4 is 15.5 Å². The Bertz CT molecular complexity index is 1430. The molecule has 3 aromatic carbocycles. The first-order valence-corrected chi connectivity index (χ1v) is 11.3. The number of anilines is 3. The van der Waals surface area contributed by atoms with Gasteiger partial charge in [0.05, 0.1) is 18.4 Å². The molecule has 3 aromatic rings. The van der Waals surface area contributed by atoms with Gasteiger partial charge in [0.2, 0.25) is 0 Å². The van der Waals surface area contributed by atoms with Crippen LogP contribution in [-0.2, 0) is 14.3 Å². The molecule has 36 heavy (non-hydrogen) atoms. The van der Waals surface area contributed by atoms with Gasteiger partial charge in [-0.25, -0.2) is 9.69 Å². The lowest BCUT2D eigenvalue weighted by Gasteiger charge is -2.18. The molecule has 1 aliphatic rings. The topological polar surface area (TPSA) is 105 Å². The van der Waals surface area contributed by atoms with Gasteiger partial charge in [0.25, 0.3) is 17.7 Å². The van der Waals surface area contributed by atoms with Crippen molar-refractivity contribution in [2.75, 3.05) is 22.6 Å².